The van der Waals surface area contributed by atoms with Crippen molar-refractivity contribution in [2.45, 2.75) is 13.1 Å². The maximum Gasteiger partial charge on any atom is 0.330 e. The number of anilines is 2. The summed E-state index contributed by atoms with van der Waals surface area (Å²) in [6.07, 6.45) is 0. The van der Waals surface area contributed by atoms with E-state index in [1.54, 1.807) is 6.07 Å². The maximum absolute atomic E-state index is 13.7. The molecule has 1 amide bonds. The number of nitrogens with one attached hydrogen (secondary N) is 1. The maximum atomic E-state index is 13.7. The highest BCUT2D eigenvalue weighted by Gasteiger charge is 2.27. The summed E-state index contributed by atoms with van der Waals surface area (Å²) in [7, 11) is 0. The van der Waals surface area contributed by atoms with E-state index in [-0.39, 0.29) is 35.2 Å². The fraction of sp³-hybridized carbons (Fsp3) is 0.0800. The van der Waals surface area contributed by atoms with Crippen LogP contribution in [-0.4, -0.2) is 15.5 Å². The predicted molar refractivity (Wildman–Crippen MR) is 135 cm³/mol. The number of aromatic amines is 1. The number of hydrogen-bond acceptors (Lipinski definition) is 4. The third-order valence-corrected chi connectivity index (χ3v) is 5.82. The van der Waals surface area contributed by atoms with Gasteiger partial charge in [0.25, 0.3) is 11.5 Å². The number of benzene rings is 3. The number of carbonyl (C=O) groups is 1. The zero-order valence-electron chi connectivity index (χ0n) is 17.9. The number of halogens is 2. The van der Waals surface area contributed by atoms with Gasteiger partial charge in [-0.05, 0) is 29.3 Å². The number of aromatic nitrogens is 2. The van der Waals surface area contributed by atoms with Crippen molar-refractivity contribution in [2.24, 2.45) is 0 Å². The number of rotatable bonds is 6. The fourth-order valence-electron chi connectivity index (χ4n) is 3.59. The first-order chi connectivity index (χ1) is 16.3. The van der Waals surface area contributed by atoms with Crippen LogP contribution in [0.1, 0.15) is 21.5 Å². The van der Waals surface area contributed by atoms with Crippen LogP contribution >= 0.6 is 23.2 Å². The molecule has 34 heavy (non-hydrogen) atoms. The molecular weight excluding hydrogens is 475 g/mol. The Kier molecular flexibility index (Phi) is 6.86. The summed E-state index contributed by atoms with van der Waals surface area (Å²) >= 11 is 12.4. The average Bonchev–Trinajstić information content (AvgIpc) is 2.83. The van der Waals surface area contributed by atoms with Gasteiger partial charge in [0.2, 0.25) is 0 Å². The SMILES string of the molecule is Nc1c(N(Cc2ccccc2)C(=O)c2cc(Cl)ccc2Cl)c(=O)[nH]c(=O)n1Cc1ccccc1. The van der Waals surface area contributed by atoms with E-state index >= 15 is 0 Å². The molecule has 1 heterocycles. The number of nitrogens with zero attached hydrogens (tertiary/aromatic N) is 2. The molecule has 0 radical (unpaired) electrons. The lowest BCUT2D eigenvalue weighted by molar-refractivity contribution is 0.0985. The third-order valence-electron chi connectivity index (χ3n) is 5.26. The van der Waals surface area contributed by atoms with Crippen LogP contribution in [0.4, 0.5) is 11.5 Å². The molecule has 0 aliphatic heterocycles. The van der Waals surface area contributed by atoms with E-state index in [0.717, 1.165) is 11.1 Å². The van der Waals surface area contributed by atoms with E-state index in [9.17, 15) is 14.4 Å². The van der Waals surface area contributed by atoms with E-state index in [2.05, 4.69) is 4.98 Å². The molecule has 9 heteroatoms. The fourth-order valence-corrected chi connectivity index (χ4v) is 3.96. The molecular formula is C25H20Cl2N4O3. The standard InChI is InChI=1S/C25H20Cl2N4O3/c26-18-11-12-20(27)19(13-18)24(33)30(14-16-7-3-1-4-8-16)21-22(28)31(25(34)29-23(21)32)15-17-9-5-2-6-10-17/h1-13H,14-15,28H2,(H,29,32,34). The van der Waals surface area contributed by atoms with Gasteiger partial charge < -0.3 is 5.73 Å². The lowest BCUT2D eigenvalue weighted by Gasteiger charge is -2.25. The highest BCUT2D eigenvalue weighted by atomic mass is 35.5. The van der Waals surface area contributed by atoms with Crippen molar-refractivity contribution >= 4 is 40.6 Å². The van der Waals surface area contributed by atoms with Gasteiger partial charge in [-0.3, -0.25) is 24.0 Å². The number of carbonyl (C=O) groups excluding carboxylic acids is 1. The molecule has 1 aromatic heterocycles. The van der Waals surface area contributed by atoms with Crippen molar-refractivity contribution in [3.63, 3.8) is 0 Å². The third kappa shape index (κ3) is 4.90. The molecule has 3 N–H and O–H groups in total. The van der Waals surface area contributed by atoms with Gasteiger partial charge in [-0.2, -0.15) is 0 Å². The molecule has 4 rings (SSSR count). The number of nitrogens with two attached hydrogens (primary N) is 1. The van der Waals surface area contributed by atoms with Crippen LogP contribution < -0.4 is 21.9 Å². The Morgan fingerprint density at radius 1 is 0.912 bits per heavy atom. The second-order valence-corrected chi connectivity index (χ2v) is 8.41. The Balaban J connectivity index is 1.88. The van der Waals surface area contributed by atoms with Gasteiger partial charge in [-0.15, -0.1) is 0 Å². The molecule has 0 fully saturated rings. The molecule has 0 aliphatic rings. The lowest BCUT2D eigenvalue weighted by atomic mass is 10.1. The van der Waals surface area contributed by atoms with Crippen molar-refractivity contribution < 1.29 is 4.79 Å². The molecule has 0 atom stereocenters. The van der Waals surface area contributed by atoms with Crippen LogP contribution in [0.5, 0.6) is 0 Å². The van der Waals surface area contributed by atoms with Gasteiger partial charge in [0.1, 0.15) is 5.82 Å². The van der Waals surface area contributed by atoms with Crippen LogP contribution in [0, 0.1) is 0 Å². The van der Waals surface area contributed by atoms with Crippen LogP contribution in [0.2, 0.25) is 10.0 Å². The van der Waals surface area contributed by atoms with E-state index < -0.39 is 17.2 Å². The van der Waals surface area contributed by atoms with Gasteiger partial charge in [-0.1, -0.05) is 83.9 Å². The topological polar surface area (TPSA) is 101 Å². The highest BCUT2D eigenvalue weighted by molar-refractivity contribution is 6.36. The Morgan fingerprint density at radius 3 is 2.18 bits per heavy atom. The van der Waals surface area contributed by atoms with Gasteiger partial charge >= 0.3 is 5.69 Å². The van der Waals surface area contributed by atoms with Crippen LogP contribution in [-0.2, 0) is 13.1 Å². The van der Waals surface area contributed by atoms with E-state index in [1.807, 2.05) is 60.7 Å². The highest BCUT2D eigenvalue weighted by Crippen LogP contribution is 2.27. The first-order valence-corrected chi connectivity index (χ1v) is 11.1. The summed E-state index contributed by atoms with van der Waals surface area (Å²) in [5.41, 5.74) is 6.39. The van der Waals surface area contributed by atoms with Crippen molar-refractivity contribution in [1.82, 2.24) is 9.55 Å². The molecule has 4 aromatic rings. The number of hydrogen-bond donors (Lipinski definition) is 2. The first-order valence-electron chi connectivity index (χ1n) is 10.3. The monoisotopic (exact) mass is 494 g/mol. The second kappa shape index (κ2) is 9.99. The number of nitrogen functional groups attached to an aromatic ring is 1. The molecule has 7 nitrogen and oxygen atoms in total. The van der Waals surface area contributed by atoms with Gasteiger partial charge in [0, 0.05) is 5.02 Å². The largest absolute Gasteiger partial charge is 0.383 e. The van der Waals surface area contributed by atoms with Gasteiger partial charge in [0.15, 0.2) is 5.69 Å². The molecule has 3 aromatic carbocycles. The van der Waals surface area contributed by atoms with Crippen molar-refractivity contribution in [2.75, 3.05) is 10.6 Å². The molecule has 172 valence electrons. The van der Waals surface area contributed by atoms with Gasteiger partial charge in [-0.25, -0.2) is 4.79 Å². The van der Waals surface area contributed by atoms with Gasteiger partial charge in [0.05, 0.1) is 23.7 Å². The van der Waals surface area contributed by atoms with Crippen molar-refractivity contribution in [1.29, 1.82) is 0 Å². The Morgan fingerprint density at radius 2 is 1.53 bits per heavy atom. The predicted octanol–water partition coefficient (Wildman–Crippen LogP) is 4.32. The summed E-state index contributed by atoms with van der Waals surface area (Å²) in [6, 6.07) is 22.7. The Bertz CT molecular complexity index is 1450. The molecule has 0 spiro atoms. The molecule has 0 saturated carbocycles. The Hall–Kier alpha value is -3.81. The van der Waals surface area contributed by atoms with Crippen LogP contribution in [0.15, 0.2) is 88.5 Å². The van der Waals surface area contributed by atoms with E-state index in [1.165, 1.54) is 21.6 Å². The van der Waals surface area contributed by atoms with E-state index in [4.69, 9.17) is 28.9 Å². The number of H-pyrrole nitrogens is 1. The minimum atomic E-state index is -0.783. The summed E-state index contributed by atoms with van der Waals surface area (Å²) in [6.45, 7) is 0.125. The summed E-state index contributed by atoms with van der Waals surface area (Å²) in [5.74, 6) is -0.724. The molecule has 0 aliphatic carbocycles. The van der Waals surface area contributed by atoms with Crippen LogP contribution in [0.25, 0.3) is 0 Å². The second-order valence-electron chi connectivity index (χ2n) is 7.57. The zero-order valence-corrected chi connectivity index (χ0v) is 19.4. The first kappa shape index (κ1) is 23.4. The summed E-state index contributed by atoms with van der Waals surface area (Å²) in [4.78, 5) is 42.8. The minimum Gasteiger partial charge on any atom is -0.383 e. The van der Waals surface area contributed by atoms with Crippen molar-refractivity contribution in [3.05, 3.63) is 126 Å². The average molecular weight is 495 g/mol. The summed E-state index contributed by atoms with van der Waals surface area (Å²) in [5, 5.41) is 0.475. The zero-order chi connectivity index (χ0) is 24.2. The summed E-state index contributed by atoms with van der Waals surface area (Å²) < 4.78 is 1.22. The number of amides is 1. The lowest BCUT2D eigenvalue weighted by Crippen LogP contribution is -2.41. The van der Waals surface area contributed by atoms with Crippen molar-refractivity contribution in [3.8, 4) is 0 Å². The molecule has 0 bridgehead atoms. The molecule has 0 unspecified atom stereocenters. The van der Waals surface area contributed by atoms with Crippen LogP contribution in [0.3, 0.4) is 0 Å². The Labute approximate surface area is 205 Å². The van der Waals surface area contributed by atoms with E-state index in [0.29, 0.717) is 5.02 Å². The quantitative estimate of drug-likeness (QED) is 0.416. The smallest absolute Gasteiger partial charge is 0.330 e. The normalized spacial score (nSPS) is 10.8. The molecule has 0 saturated heterocycles. The minimum absolute atomic E-state index is 0.0132.